The average molecular weight is 631 g/mol. The molecule has 0 unspecified atom stereocenters. The molecule has 0 saturated carbocycles. The first-order chi connectivity index (χ1) is 22.2. The van der Waals surface area contributed by atoms with E-state index in [-0.39, 0.29) is 18.3 Å². The van der Waals surface area contributed by atoms with E-state index < -0.39 is 12.0 Å². The molecule has 1 atom stereocenters. The molecule has 8 nitrogen and oxygen atoms in total. The lowest BCUT2D eigenvalue weighted by Crippen LogP contribution is -2.40. The Balaban J connectivity index is 1.54. The number of esters is 1. The number of nitriles is 1. The number of carbonyl (C=O) groups excluding carboxylic acids is 1. The lowest BCUT2D eigenvalue weighted by Gasteiger charge is -2.26. The first-order valence-corrected chi connectivity index (χ1v) is 16.1. The van der Waals surface area contributed by atoms with Gasteiger partial charge in [0.15, 0.2) is 4.80 Å². The first-order valence-electron chi connectivity index (χ1n) is 15.2. The van der Waals surface area contributed by atoms with E-state index in [4.69, 9.17) is 14.5 Å². The van der Waals surface area contributed by atoms with E-state index in [1.807, 2.05) is 80.6 Å². The molecule has 5 aromatic rings. The van der Waals surface area contributed by atoms with E-state index in [0.29, 0.717) is 44.0 Å². The lowest BCUT2D eigenvalue weighted by atomic mass is 9.95. The number of thiazole rings is 1. The van der Waals surface area contributed by atoms with Crippen molar-refractivity contribution in [3.63, 3.8) is 0 Å². The number of hydrogen-bond donors (Lipinski definition) is 0. The van der Waals surface area contributed by atoms with E-state index in [0.717, 1.165) is 27.7 Å². The number of rotatable bonds is 8. The summed E-state index contributed by atoms with van der Waals surface area (Å²) in [6, 6.07) is 24.6. The van der Waals surface area contributed by atoms with Crippen LogP contribution >= 0.6 is 11.3 Å². The number of hydrogen-bond acceptors (Lipinski definition) is 7. The highest BCUT2D eigenvalue weighted by Gasteiger charge is 2.35. The summed E-state index contributed by atoms with van der Waals surface area (Å²) in [4.78, 5) is 33.1. The molecule has 0 spiro atoms. The van der Waals surface area contributed by atoms with Gasteiger partial charge in [-0.2, -0.15) is 5.26 Å². The number of benzene rings is 3. The largest absolute Gasteiger partial charge is 0.491 e. The predicted octanol–water partition coefficient (Wildman–Crippen LogP) is 5.77. The van der Waals surface area contributed by atoms with Crippen LogP contribution in [0.4, 0.5) is 0 Å². The number of ether oxygens (including phenoxy) is 2. The van der Waals surface area contributed by atoms with Gasteiger partial charge in [0, 0.05) is 34.3 Å². The van der Waals surface area contributed by atoms with E-state index >= 15 is 0 Å². The van der Waals surface area contributed by atoms with Crippen molar-refractivity contribution in [1.82, 2.24) is 9.13 Å². The smallest absolute Gasteiger partial charge is 0.338 e. The second-order valence-electron chi connectivity index (χ2n) is 11.4. The van der Waals surface area contributed by atoms with Gasteiger partial charge in [-0.15, -0.1) is 0 Å². The van der Waals surface area contributed by atoms with Crippen LogP contribution in [0.1, 0.15) is 61.7 Å². The minimum absolute atomic E-state index is 0.113. The summed E-state index contributed by atoms with van der Waals surface area (Å²) in [5.41, 5.74) is 5.94. The van der Waals surface area contributed by atoms with Gasteiger partial charge in [0.05, 0.1) is 40.1 Å². The number of allylic oxidation sites excluding steroid dienone is 1. The van der Waals surface area contributed by atoms with Crippen LogP contribution in [0.3, 0.4) is 0 Å². The van der Waals surface area contributed by atoms with Crippen molar-refractivity contribution >= 4 is 34.3 Å². The van der Waals surface area contributed by atoms with Crippen molar-refractivity contribution in [2.45, 2.75) is 53.3 Å². The number of nitrogens with zero attached hydrogens (tertiary/aromatic N) is 4. The third kappa shape index (κ3) is 5.57. The Morgan fingerprint density at radius 2 is 1.78 bits per heavy atom. The van der Waals surface area contributed by atoms with Gasteiger partial charge >= 0.3 is 5.97 Å². The number of fused-ring (bicyclic) bond motifs is 2. The van der Waals surface area contributed by atoms with Crippen LogP contribution in [0.15, 0.2) is 93.9 Å². The normalized spacial score (nSPS) is 14.7. The van der Waals surface area contributed by atoms with E-state index in [1.165, 1.54) is 11.3 Å². The molecule has 3 aromatic carbocycles. The zero-order valence-corrected chi connectivity index (χ0v) is 27.2. The maximum Gasteiger partial charge on any atom is 0.338 e. The summed E-state index contributed by atoms with van der Waals surface area (Å²) in [7, 11) is 0. The van der Waals surface area contributed by atoms with Gasteiger partial charge in [0.25, 0.3) is 5.56 Å². The first kappa shape index (κ1) is 30.8. The van der Waals surface area contributed by atoms with Crippen molar-refractivity contribution < 1.29 is 14.3 Å². The van der Waals surface area contributed by atoms with Crippen molar-refractivity contribution in [3.05, 3.63) is 132 Å². The lowest BCUT2D eigenvalue weighted by molar-refractivity contribution is -0.139. The van der Waals surface area contributed by atoms with E-state index in [2.05, 4.69) is 29.7 Å². The highest BCUT2D eigenvalue weighted by atomic mass is 32.1. The monoisotopic (exact) mass is 630 g/mol. The molecule has 9 heteroatoms. The summed E-state index contributed by atoms with van der Waals surface area (Å²) >= 11 is 1.30. The van der Waals surface area contributed by atoms with Gasteiger partial charge < -0.3 is 14.0 Å². The summed E-state index contributed by atoms with van der Waals surface area (Å²) in [5, 5.41) is 10.2. The maximum atomic E-state index is 14.4. The second kappa shape index (κ2) is 12.7. The molecule has 6 rings (SSSR count). The minimum Gasteiger partial charge on any atom is -0.491 e. The fraction of sp³-hybridized carbons (Fsp3) is 0.243. The SMILES string of the molecule is CCOC(=O)C1=C(C)N=c2s/c(=C\c3c(C)n(Cc4ccc(C#N)cc4)c4ccccc34)c(=O)n2[C@H]1c1ccccc1OC(C)C. The molecule has 1 aliphatic heterocycles. The molecule has 0 aliphatic carbocycles. The Labute approximate surface area is 270 Å². The van der Waals surface area contributed by atoms with Gasteiger partial charge in [-0.1, -0.05) is 59.9 Å². The van der Waals surface area contributed by atoms with Gasteiger partial charge in [0.1, 0.15) is 11.8 Å². The van der Waals surface area contributed by atoms with Gasteiger partial charge in [0.2, 0.25) is 0 Å². The topological polar surface area (TPSA) is 98.6 Å². The van der Waals surface area contributed by atoms with Crippen LogP contribution in [-0.4, -0.2) is 27.8 Å². The second-order valence-corrected chi connectivity index (χ2v) is 12.4. The van der Waals surface area contributed by atoms with Crippen molar-refractivity contribution in [1.29, 1.82) is 5.26 Å². The summed E-state index contributed by atoms with van der Waals surface area (Å²) in [6.45, 7) is 10.3. The summed E-state index contributed by atoms with van der Waals surface area (Å²) in [6.07, 6.45) is 1.82. The Bertz CT molecular complexity index is 2230. The third-order valence-corrected chi connectivity index (χ3v) is 9.06. The molecule has 0 radical (unpaired) electrons. The number of aromatic nitrogens is 2. The van der Waals surface area contributed by atoms with E-state index in [1.54, 1.807) is 18.4 Å². The van der Waals surface area contributed by atoms with Crippen molar-refractivity contribution in [2.75, 3.05) is 6.61 Å². The quantitative estimate of drug-likeness (QED) is 0.203. The average Bonchev–Trinajstić information content (AvgIpc) is 3.49. The Morgan fingerprint density at radius 1 is 1.07 bits per heavy atom. The summed E-state index contributed by atoms with van der Waals surface area (Å²) in [5.74, 6) is 0.0828. The highest BCUT2D eigenvalue weighted by Crippen LogP contribution is 2.36. The van der Waals surface area contributed by atoms with Crippen molar-refractivity contribution in [3.8, 4) is 11.8 Å². The van der Waals surface area contributed by atoms with Gasteiger partial charge in [-0.3, -0.25) is 9.36 Å². The molecule has 0 bridgehead atoms. The fourth-order valence-corrected chi connectivity index (χ4v) is 7.02. The maximum absolute atomic E-state index is 14.4. The predicted molar refractivity (Wildman–Crippen MR) is 180 cm³/mol. The van der Waals surface area contributed by atoms with Crippen LogP contribution in [0.2, 0.25) is 0 Å². The van der Waals surface area contributed by atoms with Crippen LogP contribution in [-0.2, 0) is 16.1 Å². The highest BCUT2D eigenvalue weighted by molar-refractivity contribution is 7.07. The van der Waals surface area contributed by atoms with Crippen LogP contribution in [0.25, 0.3) is 17.0 Å². The molecule has 0 fully saturated rings. The third-order valence-electron chi connectivity index (χ3n) is 8.07. The Hall–Kier alpha value is -5.20. The van der Waals surface area contributed by atoms with Gasteiger partial charge in [-0.05, 0) is 70.5 Å². The molecule has 0 saturated heterocycles. The molecular weight excluding hydrogens is 596 g/mol. The molecular formula is C37H34N4O4S. The van der Waals surface area contributed by atoms with Crippen molar-refractivity contribution in [2.24, 2.45) is 4.99 Å². The Kier molecular flexibility index (Phi) is 8.48. The molecule has 1 aliphatic rings. The molecule has 232 valence electrons. The van der Waals surface area contributed by atoms with Crippen LogP contribution in [0, 0.1) is 18.3 Å². The van der Waals surface area contributed by atoms with E-state index in [9.17, 15) is 14.9 Å². The standard InChI is InChI=1S/C37H34N4O4S/c1-6-44-36(43)33-23(4)39-37-41(34(33)28-12-8-10-14-31(28)45-22(2)3)35(42)32(46-37)19-29-24(5)40(30-13-9-7-11-27(29)30)21-26-17-15-25(20-38)16-18-26/h7-19,22,34H,6,21H2,1-5H3/b32-19-/t34-/m0/s1. The van der Waals surface area contributed by atoms with Crippen LogP contribution < -0.4 is 19.6 Å². The van der Waals surface area contributed by atoms with Gasteiger partial charge in [-0.25, -0.2) is 9.79 Å². The fourth-order valence-electron chi connectivity index (χ4n) is 6.00. The number of carbonyl (C=O) groups is 1. The Morgan fingerprint density at radius 3 is 2.50 bits per heavy atom. The molecule has 0 amide bonds. The molecule has 3 heterocycles. The number of para-hydroxylation sites is 2. The molecule has 46 heavy (non-hydrogen) atoms. The molecule has 2 aromatic heterocycles. The zero-order valence-electron chi connectivity index (χ0n) is 26.4. The zero-order chi connectivity index (χ0) is 32.5. The summed E-state index contributed by atoms with van der Waals surface area (Å²) < 4.78 is 16.0. The molecule has 0 N–H and O–H groups in total. The minimum atomic E-state index is -0.772. The van der Waals surface area contributed by atoms with Crippen LogP contribution in [0.5, 0.6) is 5.75 Å².